The normalized spacial score (nSPS) is 24.9. The highest BCUT2D eigenvalue weighted by molar-refractivity contribution is 5.73. The third-order valence-corrected chi connectivity index (χ3v) is 4.63. The van der Waals surface area contributed by atoms with E-state index in [1.165, 1.54) is 51.4 Å². The van der Waals surface area contributed by atoms with Crippen molar-refractivity contribution in [3.8, 4) is 0 Å². The first-order valence-corrected chi connectivity index (χ1v) is 7.74. The van der Waals surface area contributed by atoms with E-state index in [1.54, 1.807) is 0 Å². The highest BCUT2D eigenvalue weighted by Crippen LogP contribution is 2.28. The summed E-state index contributed by atoms with van der Waals surface area (Å²) in [6.45, 7) is 0. The third-order valence-electron chi connectivity index (χ3n) is 4.63. The van der Waals surface area contributed by atoms with Gasteiger partial charge < -0.3 is 10.4 Å². The van der Waals surface area contributed by atoms with Crippen LogP contribution in [0.25, 0.3) is 0 Å². The van der Waals surface area contributed by atoms with Gasteiger partial charge in [0.25, 0.3) is 0 Å². The van der Waals surface area contributed by atoms with Gasteiger partial charge in [0.1, 0.15) is 6.04 Å². The Morgan fingerprint density at radius 1 is 1.00 bits per heavy atom. The van der Waals surface area contributed by atoms with Crippen LogP contribution in [0.2, 0.25) is 0 Å². The lowest BCUT2D eigenvalue weighted by atomic mass is 9.84. The summed E-state index contributed by atoms with van der Waals surface area (Å²) in [5.74, 6) is -0.0120. The maximum Gasteiger partial charge on any atom is 0.320 e. The van der Waals surface area contributed by atoms with Crippen LogP contribution in [0.3, 0.4) is 0 Å². The second-order valence-electron chi connectivity index (χ2n) is 6.13. The molecule has 2 aliphatic rings. The summed E-state index contributed by atoms with van der Waals surface area (Å²) in [4.78, 5) is 11.4. The molecule has 0 aliphatic heterocycles. The summed E-state index contributed by atoms with van der Waals surface area (Å²) in [6, 6.07) is 0.139. The first-order chi connectivity index (χ1) is 8.75. The van der Waals surface area contributed by atoms with Crippen molar-refractivity contribution < 1.29 is 9.90 Å². The first kappa shape index (κ1) is 13.9. The molecule has 3 nitrogen and oxygen atoms in total. The second-order valence-corrected chi connectivity index (χ2v) is 6.13. The number of rotatable bonds is 5. The van der Waals surface area contributed by atoms with E-state index in [9.17, 15) is 9.90 Å². The van der Waals surface area contributed by atoms with Crippen molar-refractivity contribution in [2.24, 2.45) is 5.92 Å². The minimum atomic E-state index is -0.647. The number of carboxylic acid groups (broad SMARTS) is 1. The highest BCUT2D eigenvalue weighted by atomic mass is 16.4. The van der Waals surface area contributed by atoms with Crippen LogP contribution in [0, 0.1) is 5.92 Å². The standard InChI is InChI=1S/C15H27NO2/c17-15(18)14(11-12-7-3-1-4-8-12)16-13-9-5-2-6-10-13/h12-14,16H,1-11H2,(H,17,18)/t14-/m1/s1. The Morgan fingerprint density at radius 2 is 1.56 bits per heavy atom. The summed E-state index contributed by atoms with van der Waals surface area (Å²) < 4.78 is 0. The lowest BCUT2D eigenvalue weighted by Crippen LogP contribution is -2.45. The van der Waals surface area contributed by atoms with Crippen molar-refractivity contribution in [1.82, 2.24) is 5.32 Å². The van der Waals surface area contributed by atoms with Crippen LogP contribution >= 0.6 is 0 Å². The fourth-order valence-electron chi connectivity index (χ4n) is 3.55. The summed E-state index contributed by atoms with van der Waals surface area (Å²) in [7, 11) is 0. The van der Waals surface area contributed by atoms with Gasteiger partial charge in [-0.15, -0.1) is 0 Å². The summed E-state index contributed by atoms with van der Waals surface area (Å²) in [6.07, 6.45) is 13.4. The van der Waals surface area contributed by atoms with Gasteiger partial charge in [-0.25, -0.2) is 0 Å². The predicted octanol–water partition coefficient (Wildman–Crippen LogP) is 3.33. The Kier molecular flexibility index (Phi) is 5.48. The topological polar surface area (TPSA) is 49.3 Å². The Labute approximate surface area is 110 Å². The Morgan fingerprint density at radius 3 is 2.11 bits per heavy atom. The first-order valence-electron chi connectivity index (χ1n) is 7.74. The smallest absolute Gasteiger partial charge is 0.320 e. The van der Waals surface area contributed by atoms with Crippen LogP contribution in [0.15, 0.2) is 0 Å². The van der Waals surface area contributed by atoms with Crippen molar-refractivity contribution in [3.63, 3.8) is 0 Å². The summed E-state index contributed by atoms with van der Waals surface area (Å²) in [5, 5.41) is 12.8. The molecule has 0 bridgehead atoms. The van der Waals surface area contributed by atoms with Crippen molar-refractivity contribution >= 4 is 5.97 Å². The van der Waals surface area contributed by atoms with Crippen LogP contribution in [-0.2, 0) is 4.79 Å². The van der Waals surface area contributed by atoms with Crippen molar-refractivity contribution in [2.45, 2.75) is 82.7 Å². The van der Waals surface area contributed by atoms with E-state index in [1.807, 2.05) is 0 Å². The van der Waals surface area contributed by atoms with Gasteiger partial charge >= 0.3 is 5.97 Å². The average molecular weight is 253 g/mol. The molecule has 0 heterocycles. The highest BCUT2D eigenvalue weighted by Gasteiger charge is 2.26. The Hall–Kier alpha value is -0.570. The van der Waals surface area contributed by atoms with E-state index in [-0.39, 0.29) is 6.04 Å². The molecule has 0 unspecified atom stereocenters. The fraction of sp³-hybridized carbons (Fsp3) is 0.933. The predicted molar refractivity (Wildman–Crippen MR) is 72.6 cm³/mol. The molecule has 0 amide bonds. The SMILES string of the molecule is O=C(O)[C@@H](CC1CCCCC1)NC1CCCCC1. The number of hydrogen-bond donors (Lipinski definition) is 2. The maximum absolute atomic E-state index is 11.4. The molecule has 0 aromatic rings. The lowest BCUT2D eigenvalue weighted by molar-refractivity contribution is -0.140. The minimum absolute atomic E-state index is 0.309. The molecule has 0 aromatic heterocycles. The van der Waals surface area contributed by atoms with E-state index in [0.717, 1.165) is 19.3 Å². The van der Waals surface area contributed by atoms with Crippen LogP contribution in [0.5, 0.6) is 0 Å². The van der Waals surface area contributed by atoms with E-state index in [4.69, 9.17) is 0 Å². The molecule has 104 valence electrons. The van der Waals surface area contributed by atoms with Gasteiger partial charge in [-0.3, -0.25) is 4.79 Å². The van der Waals surface area contributed by atoms with E-state index in [0.29, 0.717) is 12.0 Å². The molecule has 3 heteroatoms. The quantitative estimate of drug-likeness (QED) is 0.790. The number of aliphatic carboxylic acids is 1. The van der Waals surface area contributed by atoms with Crippen molar-refractivity contribution in [3.05, 3.63) is 0 Å². The second kappa shape index (κ2) is 7.13. The maximum atomic E-state index is 11.4. The molecule has 0 aromatic carbocycles. The van der Waals surface area contributed by atoms with Gasteiger partial charge in [0, 0.05) is 6.04 Å². The van der Waals surface area contributed by atoms with Crippen LogP contribution < -0.4 is 5.32 Å². The summed E-state index contributed by atoms with van der Waals surface area (Å²) >= 11 is 0. The average Bonchev–Trinajstić information content (AvgIpc) is 2.40. The van der Waals surface area contributed by atoms with E-state index < -0.39 is 5.97 Å². The van der Waals surface area contributed by atoms with Gasteiger partial charge in [0.15, 0.2) is 0 Å². The zero-order valence-electron chi connectivity index (χ0n) is 11.4. The third kappa shape index (κ3) is 4.27. The molecule has 0 spiro atoms. The molecular weight excluding hydrogens is 226 g/mol. The van der Waals surface area contributed by atoms with Crippen LogP contribution in [-0.4, -0.2) is 23.2 Å². The Balaban J connectivity index is 1.80. The molecule has 0 saturated heterocycles. The molecule has 0 radical (unpaired) electrons. The summed E-state index contributed by atoms with van der Waals surface area (Å²) in [5.41, 5.74) is 0. The number of carboxylic acids is 1. The molecule has 2 fully saturated rings. The number of nitrogens with one attached hydrogen (secondary N) is 1. The van der Waals surface area contributed by atoms with Gasteiger partial charge in [0.2, 0.25) is 0 Å². The molecule has 2 N–H and O–H groups in total. The fourth-order valence-corrected chi connectivity index (χ4v) is 3.55. The molecule has 1 atom stereocenters. The largest absolute Gasteiger partial charge is 0.480 e. The Bertz CT molecular complexity index is 235. The van der Waals surface area contributed by atoms with Crippen LogP contribution in [0.1, 0.15) is 70.6 Å². The number of carbonyl (C=O) groups is 1. The van der Waals surface area contributed by atoms with Gasteiger partial charge in [-0.1, -0.05) is 51.4 Å². The molecular formula is C15H27NO2. The lowest BCUT2D eigenvalue weighted by Gasteiger charge is -2.30. The minimum Gasteiger partial charge on any atom is -0.480 e. The van der Waals surface area contributed by atoms with Gasteiger partial charge in [0.05, 0.1) is 0 Å². The zero-order valence-corrected chi connectivity index (χ0v) is 11.4. The van der Waals surface area contributed by atoms with Crippen molar-refractivity contribution in [2.75, 3.05) is 0 Å². The monoisotopic (exact) mass is 253 g/mol. The zero-order chi connectivity index (χ0) is 12.8. The van der Waals surface area contributed by atoms with E-state index >= 15 is 0 Å². The van der Waals surface area contributed by atoms with Crippen LogP contribution in [0.4, 0.5) is 0 Å². The van der Waals surface area contributed by atoms with Crippen molar-refractivity contribution in [1.29, 1.82) is 0 Å². The molecule has 2 rings (SSSR count). The molecule has 2 saturated carbocycles. The number of hydrogen-bond acceptors (Lipinski definition) is 2. The van der Waals surface area contributed by atoms with Gasteiger partial charge in [-0.05, 0) is 25.2 Å². The molecule has 2 aliphatic carbocycles. The van der Waals surface area contributed by atoms with E-state index in [2.05, 4.69) is 5.32 Å². The molecule has 18 heavy (non-hydrogen) atoms. The van der Waals surface area contributed by atoms with Gasteiger partial charge in [-0.2, -0.15) is 0 Å².